The molecule has 0 radical (unpaired) electrons. The van der Waals surface area contributed by atoms with Crippen LogP contribution in [0, 0.1) is 20.8 Å². The number of hydrogen-bond acceptors (Lipinski definition) is 4. The van der Waals surface area contributed by atoms with Crippen molar-refractivity contribution in [2.24, 2.45) is 0 Å². The molecule has 0 bridgehead atoms. The van der Waals surface area contributed by atoms with E-state index in [1.807, 2.05) is 0 Å². The SMILES string of the molecule is CCCCCCCCC1(CO)CCc2c(C)c(OCOC)c(C)c(C)c2O1. The molecular weight excluding hydrogens is 340 g/mol. The number of ether oxygens (including phenoxy) is 3. The summed E-state index contributed by atoms with van der Waals surface area (Å²) in [4.78, 5) is 0. The monoisotopic (exact) mass is 378 g/mol. The average Bonchev–Trinajstić information content (AvgIpc) is 2.69. The fourth-order valence-corrected chi connectivity index (χ4v) is 4.14. The molecule has 1 unspecified atom stereocenters. The summed E-state index contributed by atoms with van der Waals surface area (Å²) in [5.74, 6) is 1.87. The van der Waals surface area contributed by atoms with Gasteiger partial charge in [0.05, 0.1) is 6.61 Å². The van der Waals surface area contributed by atoms with Gasteiger partial charge in [-0.15, -0.1) is 0 Å². The zero-order valence-corrected chi connectivity index (χ0v) is 18.0. The summed E-state index contributed by atoms with van der Waals surface area (Å²) in [5.41, 5.74) is 4.13. The largest absolute Gasteiger partial charge is 0.484 e. The van der Waals surface area contributed by atoms with Gasteiger partial charge < -0.3 is 19.3 Å². The van der Waals surface area contributed by atoms with Crippen LogP contribution in [0.2, 0.25) is 0 Å². The van der Waals surface area contributed by atoms with Gasteiger partial charge in [-0.05, 0) is 63.1 Å². The standard InChI is InChI=1S/C23H38O4/c1-6-7-8-9-10-11-13-23(15-24)14-12-20-19(4)21(26-16-25-5)17(2)18(3)22(20)27-23/h24H,6-16H2,1-5H3. The average molecular weight is 379 g/mol. The van der Waals surface area contributed by atoms with Gasteiger partial charge in [-0.2, -0.15) is 0 Å². The van der Waals surface area contributed by atoms with Gasteiger partial charge in [0.2, 0.25) is 0 Å². The quantitative estimate of drug-likeness (QED) is 0.414. The van der Waals surface area contributed by atoms with Crippen molar-refractivity contribution in [1.29, 1.82) is 0 Å². The van der Waals surface area contributed by atoms with Gasteiger partial charge in [-0.1, -0.05) is 39.0 Å². The predicted octanol–water partition coefficient (Wildman–Crippen LogP) is 5.40. The zero-order chi connectivity index (χ0) is 19.9. The van der Waals surface area contributed by atoms with Crippen LogP contribution in [0.1, 0.15) is 80.5 Å². The normalized spacial score (nSPS) is 18.9. The Morgan fingerprint density at radius 3 is 2.37 bits per heavy atom. The molecule has 4 heteroatoms. The number of hydrogen-bond donors (Lipinski definition) is 1. The van der Waals surface area contributed by atoms with Crippen molar-refractivity contribution >= 4 is 0 Å². The van der Waals surface area contributed by atoms with Crippen LogP contribution in [0.3, 0.4) is 0 Å². The lowest BCUT2D eigenvalue weighted by Crippen LogP contribution is -2.43. The smallest absolute Gasteiger partial charge is 0.188 e. The summed E-state index contributed by atoms with van der Waals surface area (Å²) in [6, 6.07) is 0. The summed E-state index contributed by atoms with van der Waals surface area (Å²) in [6.07, 6.45) is 10.2. The first-order valence-electron chi connectivity index (χ1n) is 10.5. The molecule has 0 spiro atoms. The van der Waals surface area contributed by atoms with E-state index in [-0.39, 0.29) is 13.4 Å². The zero-order valence-electron chi connectivity index (χ0n) is 18.0. The number of rotatable bonds is 11. The molecule has 4 nitrogen and oxygen atoms in total. The van der Waals surface area contributed by atoms with Gasteiger partial charge in [-0.25, -0.2) is 0 Å². The molecule has 0 aliphatic carbocycles. The Morgan fingerprint density at radius 2 is 1.70 bits per heavy atom. The molecule has 27 heavy (non-hydrogen) atoms. The van der Waals surface area contributed by atoms with E-state index in [2.05, 4.69) is 27.7 Å². The number of benzene rings is 1. The molecule has 0 fully saturated rings. The minimum absolute atomic E-state index is 0.0842. The van der Waals surface area contributed by atoms with Crippen LogP contribution in [0.4, 0.5) is 0 Å². The third kappa shape index (κ3) is 5.17. The first-order valence-corrected chi connectivity index (χ1v) is 10.5. The number of aliphatic hydroxyl groups excluding tert-OH is 1. The number of unbranched alkanes of at least 4 members (excludes halogenated alkanes) is 5. The summed E-state index contributed by atoms with van der Waals surface area (Å²) in [5, 5.41) is 10.1. The van der Waals surface area contributed by atoms with E-state index in [0.717, 1.165) is 53.9 Å². The summed E-state index contributed by atoms with van der Waals surface area (Å²) >= 11 is 0. The highest BCUT2D eigenvalue weighted by molar-refractivity contribution is 5.59. The highest BCUT2D eigenvalue weighted by Crippen LogP contribution is 2.44. The van der Waals surface area contributed by atoms with Gasteiger partial charge >= 0.3 is 0 Å². The van der Waals surface area contributed by atoms with Crippen molar-refractivity contribution in [3.8, 4) is 11.5 Å². The molecule has 0 aromatic heterocycles. The van der Waals surface area contributed by atoms with E-state index in [9.17, 15) is 5.11 Å². The van der Waals surface area contributed by atoms with Crippen LogP contribution in [0.25, 0.3) is 0 Å². The molecule has 1 aromatic carbocycles. The Labute approximate surface area is 165 Å². The molecule has 1 aliphatic rings. The van der Waals surface area contributed by atoms with Crippen LogP contribution in [-0.4, -0.2) is 31.2 Å². The molecule has 1 aromatic rings. The van der Waals surface area contributed by atoms with Crippen LogP contribution in [0.5, 0.6) is 11.5 Å². The fourth-order valence-electron chi connectivity index (χ4n) is 4.14. The van der Waals surface area contributed by atoms with Crippen LogP contribution < -0.4 is 9.47 Å². The van der Waals surface area contributed by atoms with Crippen molar-refractivity contribution in [1.82, 2.24) is 0 Å². The molecular formula is C23H38O4. The number of aliphatic hydroxyl groups is 1. The second kappa shape index (κ2) is 10.3. The molecule has 1 heterocycles. The molecule has 1 N–H and O–H groups in total. The van der Waals surface area contributed by atoms with E-state index in [1.54, 1.807) is 7.11 Å². The third-order valence-electron chi connectivity index (χ3n) is 6.06. The third-order valence-corrected chi connectivity index (χ3v) is 6.06. The number of fused-ring (bicyclic) bond motifs is 1. The van der Waals surface area contributed by atoms with Gasteiger partial charge in [0.1, 0.15) is 17.1 Å². The van der Waals surface area contributed by atoms with E-state index >= 15 is 0 Å². The van der Waals surface area contributed by atoms with E-state index < -0.39 is 5.60 Å². The summed E-state index contributed by atoms with van der Waals surface area (Å²) in [6.45, 7) is 8.83. The highest BCUT2D eigenvalue weighted by atomic mass is 16.7. The van der Waals surface area contributed by atoms with Gasteiger partial charge in [0.25, 0.3) is 0 Å². The number of methoxy groups -OCH3 is 1. The van der Waals surface area contributed by atoms with Crippen molar-refractivity contribution in [3.05, 3.63) is 22.3 Å². The minimum atomic E-state index is -0.434. The second-order valence-electron chi connectivity index (χ2n) is 8.02. The molecule has 0 saturated carbocycles. The predicted molar refractivity (Wildman–Crippen MR) is 110 cm³/mol. The summed E-state index contributed by atoms with van der Waals surface area (Å²) < 4.78 is 17.4. The Balaban J connectivity index is 2.13. The van der Waals surface area contributed by atoms with Crippen LogP contribution >= 0.6 is 0 Å². The first-order chi connectivity index (χ1) is 13.0. The lowest BCUT2D eigenvalue weighted by Gasteiger charge is -2.39. The minimum Gasteiger partial charge on any atom is -0.484 e. The highest BCUT2D eigenvalue weighted by Gasteiger charge is 2.37. The Bertz CT molecular complexity index is 611. The lowest BCUT2D eigenvalue weighted by atomic mass is 9.84. The first kappa shape index (κ1) is 22.0. The van der Waals surface area contributed by atoms with Gasteiger partial charge in [-0.3, -0.25) is 0 Å². The topological polar surface area (TPSA) is 47.9 Å². The maximum absolute atomic E-state index is 10.1. The van der Waals surface area contributed by atoms with Crippen molar-refractivity contribution in [2.45, 2.75) is 91.1 Å². The van der Waals surface area contributed by atoms with E-state index in [0.29, 0.717) is 0 Å². The maximum Gasteiger partial charge on any atom is 0.188 e. The molecule has 1 atom stereocenters. The molecule has 0 amide bonds. The lowest BCUT2D eigenvalue weighted by molar-refractivity contribution is -0.0172. The molecule has 1 aliphatic heterocycles. The Hall–Kier alpha value is -1.26. The van der Waals surface area contributed by atoms with Crippen molar-refractivity contribution < 1.29 is 19.3 Å². The molecule has 0 saturated heterocycles. The second-order valence-corrected chi connectivity index (χ2v) is 8.02. The Morgan fingerprint density at radius 1 is 1.00 bits per heavy atom. The van der Waals surface area contributed by atoms with Gasteiger partial charge in [0.15, 0.2) is 6.79 Å². The van der Waals surface area contributed by atoms with Crippen molar-refractivity contribution in [3.63, 3.8) is 0 Å². The molecule has 154 valence electrons. The molecule has 2 rings (SSSR count). The van der Waals surface area contributed by atoms with E-state index in [1.165, 1.54) is 37.7 Å². The van der Waals surface area contributed by atoms with Gasteiger partial charge in [0, 0.05) is 12.7 Å². The van der Waals surface area contributed by atoms with Crippen LogP contribution in [-0.2, 0) is 11.2 Å². The van der Waals surface area contributed by atoms with Crippen molar-refractivity contribution in [2.75, 3.05) is 20.5 Å². The maximum atomic E-state index is 10.1. The fraction of sp³-hybridized carbons (Fsp3) is 0.739. The van der Waals surface area contributed by atoms with E-state index in [4.69, 9.17) is 14.2 Å². The summed E-state index contributed by atoms with van der Waals surface area (Å²) in [7, 11) is 1.64. The Kier molecular flexibility index (Phi) is 8.43. The van der Waals surface area contributed by atoms with Crippen LogP contribution in [0.15, 0.2) is 0 Å².